The van der Waals surface area contributed by atoms with Gasteiger partial charge in [-0.3, -0.25) is 9.78 Å². The van der Waals surface area contributed by atoms with Gasteiger partial charge >= 0.3 is 6.18 Å². The summed E-state index contributed by atoms with van der Waals surface area (Å²) < 4.78 is 37.9. The van der Waals surface area contributed by atoms with Gasteiger partial charge in [0.25, 0.3) is 0 Å². The van der Waals surface area contributed by atoms with Crippen LogP contribution < -0.4 is 0 Å². The number of benzene rings is 1. The fourth-order valence-corrected chi connectivity index (χ4v) is 2.18. The summed E-state index contributed by atoms with van der Waals surface area (Å²) in [5.74, 6) is -0.362. The van der Waals surface area contributed by atoms with E-state index in [2.05, 4.69) is 4.98 Å². The number of pyridine rings is 1. The summed E-state index contributed by atoms with van der Waals surface area (Å²) >= 11 is 0. The second kappa shape index (κ2) is 5.31. The number of hydrogen-bond donors (Lipinski definition) is 0. The summed E-state index contributed by atoms with van der Waals surface area (Å²) in [6.07, 6.45) is -2.84. The van der Waals surface area contributed by atoms with Crippen molar-refractivity contribution in [3.05, 3.63) is 64.0 Å². The lowest BCUT2D eigenvalue weighted by molar-refractivity contribution is -0.137. The Morgan fingerprint density at radius 3 is 2.24 bits per heavy atom. The molecule has 0 aliphatic rings. The van der Waals surface area contributed by atoms with Crippen LogP contribution in [0.15, 0.2) is 30.5 Å². The molecular weight excluding hydrogens is 279 g/mol. The average molecular weight is 293 g/mol. The molecule has 0 atom stereocenters. The van der Waals surface area contributed by atoms with Crippen molar-refractivity contribution in [2.45, 2.75) is 26.9 Å². The van der Waals surface area contributed by atoms with Gasteiger partial charge in [-0.25, -0.2) is 0 Å². The van der Waals surface area contributed by atoms with Crippen molar-refractivity contribution >= 4 is 5.78 Å². The molecule has 2 aromatic rings. The second-order valence-corrected chi connectivity index (χ2v) is 5.03. The number of alkyl halides is 3. The Balaban J connectivity index is 2.45. The van der Waals surface area contributed by atoms with E-state index in [-0.39, 0.29) is 22.6 Å². The first-order valence-corrected chi connectivity index (χ1v) is 6.36. The SMILES string of the molecule is Cc1cnc(C(=O)c2ccc(C(F)(F)F)cc2C)c(C)c1. The standard InChI is InChI=1S/C16H14F3NO/c1-9-6-11(3)14(20-8-9)15(21)13-5-4-12(7-10(13)2)16(17,18)19/h4-8H,1-3H3. The van der Waals surface area contributed by atoms with E-state index in [1.54, 1.807) is 13.1 Å². The van der Waals surface area contributed by atoms with E-state index in [4.69, 9.17) is 0 Å². The minimum absolute atomic E-state index is 0.238. The molecule has 0 aliphatic carbocycles. The third kappa shape index (κ3) is 3.12. The second-order valence-electron chi connectivity index (χ2n) is 5.03. The Bertz CT molecular complexity index is 705. The van der Waals surface area contributed by atoms with Gasteiger partial charge in [0.1, 0.15) is 5.69 Å². The minimum atomic E-state index is -4.41. The zero-order valence-corrected chi connectivity index (χ0v) is 11.9. The van der Waals surface area contributed by atoms with Crippen LogP contribution in [0.2, 0.25) is 0 Å². The molecule has 2 rings (SSSR count). The number of carbonyl (C=O) groups is 1. The van der Waals surface area contributed by atoms with E-state index < -0.39 is 11.7 Å². The fourth-order valence-electron chi connectivity index (χ4n) is 2.18. The van der Waals surface area contributed by atoms with Crippen molar-refractivity contribution in [3.8, 4) is 0 Å². The molecule has 1 heterocycles. The van der Waals surface area contributed by atoms with Gasteiger partial charge in [-0.1, -0.05) is 12.1 Å². The smallest absolute Gasteiger partial charge is 0.287 e. The van der Waals surface area contributed by atoms with E-state index in [9.17, 15) is 18.0 Å². The number of ketones is 1. The van der Waals surface area contributed by atoms with Crippen molar-refractivity contribution in [1.82, 2.24) is 4.98 Å². The molecule has 0 fully saturated rings. The molecule has 0 radical (unpaired) electrons. The lowest BCUT2D eigenvalue weighted by atomic mass is 9.97. The molecule has 0 aliphatic heterocycles. The Kier molecular flexibility index (Phi) is 3.85. The van der Waals surface area contributed by atoms with E-state index >= 15 is 0 Å². The predicted molar refractivity (Wildman–Crippen MR) is 73.3 cm³/mol. The Labute approximate surface area is 120 Å². The van der Waals surface area contributed by atoms with Crippen LogP contribution in [0.4, 0.5) is 13.2 Å². The lowest BCUT2D eigenvalue weighted by Gasteiger charge is -2.11. The van der Waals surface area contributed by atoms with Crippen molar-refractivity contribution in [2.24, 2.45) is 0 Å². The third-order valence-corrected chi connectivity index (χ3v) is 3.23. The van der Waals surface area contributed by atoms with E-state index in [1.165, 1.54) is 13.0 Å². The average Bonchev–Trinajstić information content (AvgIpc) is 2.36. The summed E-state index contributed by atoms with van der Waals surface area (Å²) in [7, 11) is 0. The number of aryl methyl sites for hydroxylation is 3. The minimum Gasteiger partial charge on any atom is -0.287 e. The molecular formula is C16H14F3NO. The first-order valence-electron chi connectivity index (χ1n) is 6.36. The van der Waals surface area contributed by atoms with Crippen LogP contribution >= 0.6 is 0 Å². The van der Waals surface area contributed by atoms with Crippen LogP contribution in [-0.4, -0.2) is 10.8 Å². The van der Waals surface area contributed by atoms with Gasteiger partial charge in [-0.2, -0.15) is 13.2 Å². The summed E-state index contributed by atoms with van der Waals surface area (Å²) in [6, 6.07) is 4.93. The quantitative estimate of drug-likeness (QED) is 0.774. The molecule has 0 saturated carbocycles. The maximum absolute atomic E-state index is 12.6. The number of rotatable bonds is 2. The Hall–Kier alpha value is -2.17. The van der Waals surface area contributed by atoms with Crippen LogP contribution in [0.25, 0.3) is 0 Å². The highest BCUT2D eigenvalue weighted by atomic mass is 19.4. The van der Waals surface area contributed by atoms with Crippen LogP contribution in [0.5, 0.6) is 0 Å². The maximum atomic E-state index is 12.6. The first kappa shape index (κ1) is 15.2. The molecule has 0 saturated heterocycles. The highest BCUT2D eigenvalue weighted by Crippen LogP contribution is 2.30. The van der Waals surface area contributed by atoms with Gasteiger partial charge in [0, 0.05) is 11.8 Å². The topological polar surface area (TPSA) is 30.0 Å². The highest BCUT2D eigenvalue weighted by Gasteiger charge is 2.31. The molecule has 0 amide bonds. The molecule has 1 aromatic carbocycles. The molecule has 1 aromatic heterocycles. The van der Waals surface area contributed by atoms with Crippen LogP contribution in [0, 0.1) is 20.8 Å². The molecule has 0 N–H and O–H groups in total. The zero-order valence-electron chi connectivity index (χ0n) is 11.9. The van der Waals surface area contributed by atoms with E-state index in [1.807, 2.05) is 13.0 Å². The summed E-state index contributed by atoms with van der Waals surface area (Å²) in [5, 5.41) is 0. The zero-order chi connectivity index (χ0) is 15.8. The van der Waals surface area contributed by atoms with Gasteiger partial charge in [0.05, 0.1) is 5.56 Å². The van der Waals surface area contributed by atoms with Gasteiger partial charge in [0.15, 0.2) is 0 Å². The Morgan fingerprint density at radius 2 is 1.71 bits per heavy atom. The van der Waals surface area contributed by atoms with Crippen molar-refractivity contribution in [3.63, 3.8) is 0 Å². The molecule has 0 unspecified atom stereocenters. The maximum Gasteiger partial charge on any atom is 0.416 e. The molecule has 0 spiro atoms. The van der Waals surface area contributed by atoms with Crippen molar-refractivity contribution in [2.75, 3.05) is 0 Å². The lowest BCUT2D eigenvalue weighted by Crippen LogP contribution is -2.11. The van der Waals surface area contributed by atoms with Gasteiger partial charge < -0.3 is 0 Å². The van der Waals surface area contributed by atoms with Crippen molar-refractivity contribution in [1.29, 1.82) is 0 Å². The van der Waals surface area contributed by atoms with Gasteiger partial charge in [0.2, 0.25) is 5.78 Å². The molecule has 21 heavy (non-hydrogen) atoms. The largest absolute Gasteiger partial charge is 0.416 e. The molecule has 5 heteroatoms. The van der Waals surface area contributed by atoms with Crippen molar-refractivity contribution < 1.29 is 18.0 Å². The van der Waals surface area contributed by atoms with E-state index in [0.717, 1.165) is 17.7 Å². The van der Waals surface area contributed by atoms with Crippen LogP contribution in [-0.2, 0) is 6.18 Å². The molecule has 0 bridgehead atoms. The number of nitrogens with zero attached hydrogens (tertiary/aromatic N) is 1. The number of aromatic nitrogens is 1. The number of hydrogen-bond acceptors (Lipinski definition) is 2. The van der Waals surface area contributed by atoms with Crippen LogP contribution in [0.1, 0.15) is 38.3 Å². The van der Waals surface area contributed by atoms with Crippen LogP contribution in [0.3, 0.4) is 0 Å². The Morgan fingerprint density at radius 1 is 1.05 bits per heavy atom. The normalized spacial score (nSPS) is 11.5. The third-order valence-electron chi connectivity index (χ3n) is 3.23. The number of carbonyl (C=O) groups excluding carboxylic acids is 1. The summed E-state index contributed by atoms with van der Waals surface area (Å²) in [4.78, 5) is 16.5. The summed E-state index contributed by atoms with van der Waals surface area (Å²) in [6.45, 7) is 5.11. The van der Waals surface area contributed by atoms with Gasteiger partial charge in [-0.05, 0) is 49.6 Å². The molecule has 110 valence electrons. The number of halogens is 3. The molecule has 2 nitrogen and oxygen atoms in total. The first-order chi connectivity index (χ1) is 9.70. The highest BCUT2D eigenvalue weighted by molar-refractivity contribution is 6.09. The predicted octanol–water partition coefficient (Wildman–Crippen LogP) is 4.26. The van der Waals surface area contributed by atoms with E-state index in [0.29, 0.717) is 5.56 Å². The fraction of sp³-hybridized carbons (Fsp3) is 0.250. The van der Waals surface area contributed by atoms with Gasteiger partial charge in [-0.15, -0.1) is 0 Å². The summed E-state index contributed by atoms with van der Waals surface area (Å²) in [5.41, 5.74) is 1.67. The monoisotopic (exact) mass is 293 g/mol.